The van der Waals surface area contributed by atoms with Crippen LogP contribution in [0.15, 0.2) is 0 Å². The van der Waals surface area contributed by atoms with Crippen molar-refractivity contribution >= 4 is 11.8 Å². The van der Waals surface area contributed by atoms with Gasteiger partial charge in [-0.1, -0.05) is 13.8 Å². The molecule has 3 N–H and O–H groups in total. The van der Waals surface area contributed by atoms with Gasteiger partial charge >= 0.3 is 0 Å². The van der Waals surface area contributed by atoms with Crippen LogP contribution in [0, 0.1) is 0 Å². The van der Waals surface area contributed by atoms with Gasteiger partial charge in [0.1, 0.15) is 6.04 Å². The third-order valence-electron chi connectivity index (χ3n) is 2.28. The van der Waals surface area contributed by atoms with Crippen molar-refractivity contribution in [3.05, 3.63) is 0 Å². The molecule has 0 aliphatic carbocycles. The Morgan fingerprint density at radius 3 is 2.39 bits per heavy atom. The van der Waals surface area contributed by atoms with E-state index < -0.39 is 6.04 Å². The number of nitrogens with one attached hydrogen (secondary N) is 3. The average molecular weight is 259 g/mol. The summed E-state index contributed by atoms with van der Waals surface area (Å²) in [6.45, 7) is 7.22. The van der Waals surface area contributed by atoms with E-state index in [1.807, 2.05) is 13.8 Å². The molecule has 0 saturated carbocycles. The summed E-state index contributed by atoms with van der Waals surface area (Å²) in [6, 6.07) is -0.166. The zero-order chi connectivity index (χ0) is 14.0. The van der Waals surface area contributed by atoms with E-state index in [1.165, 1.54) is 0 Å². The fraction of sp³-hybridized carbons (Fsp3) is 0.833. The number of methoxy groups -OCH3 is 1. The smallest absolute Gasteiger partial charge is 0.242 e. The first-order chi connectivity index (χ1) is 8.47. The van der Waals surface area contributed by atoms with Gasteiger partial charge in [-0.25, -0.2) is 0 Å². The minimum absolute atomic E-state index is 0.127. The van der Waals surface area contributed by atoms with E-state index in [0.29, 0.717) is 32.2 Å². The van der Waals surface area contributed by atoms with E-state index in [0.717, 1.165) is 0 Å². The van der Waals surface area contributed by atoms with Gasteiger partial charge in [-0.15, -0.1) is 0 Å². The summed E-state index contributed by atoms with van der Waals surface area (Å²) in [5, 5.41) is 8.46. The Morgan fingerprint density at radius 1 is 1.17 bits per heavy atom. The van der Waals surface area contributed by atoms with Gasteiger partial charge in [-0.05, 0) is 6.92 Å². The molecule has 1 unspecified atom stereocenters. The molecule has 0 bridgehead atoms. The number of hydrogen-bond acceptors (Lipinski definition) is 4. The first-order valence-electron chi connectivity index (χ1n) is 6.26. The van der Waals surface area contributed by atoms with E-state index in [9.17, 15) is 9.59 Å². The third kappa shape index (κ3) is 8.95. The van der Waals surface area contributed by atoms with Gasteiger partial charge in [-0.2, -0.15) is 0 Å². The molecule has 0 aromatic heterocycles. The maximum absolute atomic E-state index is 11.5. The summed E-state index contributed by atoms with van der Waals surface area (Å²) in [4.78, 5) is 23.1. The molecule has 2 amide bonds. The van der Waals surface area contributed by atoms with E-state index in [1.54, 1.807) is 14.0 Å². The number of carbonyl (C=O) groups excluding carboxylic acids is 2. The Kier molecular flexibility index (Phi) is 9.22. The van der Waals surface area contributed by atoms with Crippen LogP contribution in [0.5, 0.6) is 0 Å². The molecule has 0 fully saturated rings. The van der Waals surface area contributed by atoms with Gasteiger partial charge in [0.2, 0.25) is 11.8 Å². The standard InChI is InChI=1S/C12H25N3O3/c1-9(2)13-6-5-11(16)15-10(3)12(17)14-7-8-18-4/h9-10,13H,5-8H2,1-4H3,(H,14,17)(H,15,16). The Balaban J connectivity index is 3.74. The molecule has 0 aliphatic rings. The summed E-state index contributed by atoms with van der Waals surface area (Å²) in [5.74, 6) is -0.324. The van der Waals surface area contributed by atoms with Crippen LogP contribution in [0.3, 0.4) is 0 Å². The second-order valence-corrected chi connectivity index (χ2v) is 4.43. The zero-order valence-corrected chi connectivity index (χ0v) is 11.7. The van der Waals surface area contributed by atoms with Crippen LogP contribution in [-0.2, 0) is 14.3 Å². The molecule has 0 saturated heterocycles. The van der Waals surface area contributed by atoms with Crippen LogP contribution in [-0.4, -0.2) is 50.7 Å². The number of ether oxygens (including phenoxy) is 1. The predicted octanol–water partition coefficient (Wildman–Crippen LogP) is -0.358. The minimum Gasteiger partial charge on any atom is -0.383 e. The van der Waals surface area contributed by atoms with Crippen LogP contribution >= 0.6 is 0 Å². The molecule has 0 aromatic carbocycles. The third-order valence-corrected chi connectivity index (χ3v) is 2.28. The average Bonchev–Trinajstić information content (AvgIpc) is 2.28. The normalized spacial score (nSPS) is 12.3. The second kappa shape index (κ2) is 9.85. The molecule has 0 aromatic rings. The van der Waals surface area contributed by atoms with Crippen molar-refractivity contribution in [3.63, 3.8) is 0 Å². The molecule has 0 radical (unpaired) electrons. The van der Waals surface area contributed by atoms with Crippen LogP contribution in [0.25, 0.3) is 0 Å². The first-order valence-corrected chi connectivity index (χ1v) is 6.26. The van der Waals surface area contributed by atoms with Gasteiger partial charge in [0.15, 0.2) is 0 Å². The summed E-state index contributed by atoms with van der Waals surface area (Å²) >= 11 is 0. The molecule has 6 heteroatoms. The van der Waals surface area contributed by atoms with Gasteiger partial charge < -0.3 is 20.7 Å². The Labute approximate surface area is 109 Å². The lowest BCUT2D eigenvalue weighted by atomic mass is 10.2. The van der Waals surface area contributed by atoms with Crippen molar-refractivity contribution in [2.24, 2.45) is 0 Å². The Morgan fingerprint density at radius 2 is 1.83 bits per heavy atom. The zero-order valence-electron chi connectivity index (χ0n) is 11.7. The highest BCUT2D eigenvalue weighted by Gasteiger charge is 2.14. The highest BCUT2D eigenvalue weighted by Crippen LogP contribution is 1.86. The SMILES string of the molecule is COCCNC(=O)C(C)NC(=O)CCNC(C)C. The molecule has 106 valence electrons. The number of carbonyl (C=O) groups is 2. The van der Waals surface area contributed by atoms with E-state index >= 15 is 0 Å². The van der Waals surface area contributed by atoms with Gasteiger partial charge in [0, 0.05) is 32.7 Å². The first kappa shape index (κ1) is 16.9. The highest BCUT2D eigenvalue weighted by molar-refractivity contribution is 5.87. The fourth-order valence-electron chi connectivity index (χ4n) is 1.28. The molecule has 0 spiro atoms. The Hall–Kier alpha value is -1.14. The molecular weight excluding hydrogens is 234 g/mol. The maximum atomic E-state index is 11.5. The number of amides is 2. The molecule has 6 nitrogen and oxygen atoms in total. The number of rotatable bonds is 9. The van der Waals surface area contributed by atoms with Crippen molar-refractivity contribution in [1.82, 2.24) is 16.0 Å². The summed E-state index contributed by atoms with van der Waals surface area (Å²) in [5.41, 5.74) is 0. The van der Waals surface area contributed by atoms with Gasteiger partial charge in [-0.3, -0.25) is 9.59 Å². The summed E-state index contributed by atoms with van der Waals surface area (Å²) in [7, 11) is 1.57. The van der Waals surface area contributed by atoms with Crippen molar-refractivity contribution in [3.8, 4) is 0 Å². The lowest BCUT2D eigenvalue weighted by molar-refractivity contribution is -0.128. The topological polar surface area (TPSA) is 79.5 Å². The van der Waals surface area contributed by atoms with Crippen LogP contribution in [0.1, 0.15) is 27.2 Å². The van der Waals surface area contributed by atoms with Crippen molar-refractivity contribution in [1.29, 1.82) is 0 Å². The van der Waals surface area contributed by atoms with Gasteiger partial charge in [0.25, 0.3) is 0 Å². The van der Waals surface area contributed by atoms with Crippen molar-refractivity contribution in [2.75, 3.05) is 26.8 Å². The van der Waals surface area contributed by atoms with Crippen LogP contribution in [0.4, 0.5) is 0 Å². The van der Waals surface area contributed by atoms with E-state index in [2.05, 4.69) is 16.0 Å². The molecule has 1 atom stereocenters. The lowest BCUT2D eigenvalue weighted by Gasteiger charge is -2.14. The quantitative estimate of drug-likeness (QED) is 0.494. The maximum Gasteiger partial charge on any atom is 0.242 e. The summed E-state index contributed by atoms with van der Waals surface area (Å²) < 4.78 is 4.82. The molecule has 0 rings (SSSR count). The van der Waals surface area contributed by atoms with Crippen molar-refractivity contribution in [2.45, 2.75) is 39.3 Å². The largest absolute Gasteiger partial charge is 0.383 e. The van der Waals surface area contributed by atoms with Gasteiger partial charge in [0.05, 0.1) is 6.61 Å². The minimum atomic E-state index is -0.520. The van der Waals surface area contributed by atoms with Crippen LogP contribution in [0.2, 0.25) is 0 Å². The Bertz CT molecular complexity index is 257. The van der Waals surface area contributed by atoms with Crippen molar-refractivity contribution < 1.29 is 14.3 Å². The second-order valence-electron chi connectivity index (χ2n) is 4.43. The van der Waals surface area contributed by atoms with E-state index in [-0.39, 0.29) is 11.8 Å². The van der Waals surface area contributed by atoms with E-state index in [4.69, 9.17) is 4.74 Å². The molecule has 0 heterocycles. The lowest BCUT2D eigenvalue weighted by Crippen LogP contribution is -2.46. The molecule has 0 aliphatic heterocycles. The predicted molar refractivity (Wildman–Crippen MR) is 70.2 cm³/mol. The van der Waals surface area contributed by atoms with Crippen LogP contribution < -0.4 is 16.0 Å². The monoisotopic (exact) mass is 259 g/mol. The molecular formula is C12H25N3O3. The fourth-order valence-corrected chi connectivity index (χ4v) is 1.28. The molecule has 18 heavy (non-hydrogen) atoms. The summed E-state index contributed by atoms with van der Waals surface area (Å²) in [6.07, 6.45) is 0.369. The highest BCUT2D eigenvalue weighted by atomic mass is 16.5. The number of hydrogen-bond donors (Lipinski definition) is 3.